The number of aliphatic carboxylic acids is 1. The SMILES string of the molecule is CC(CCn1nnnc1C(C)n1cccn1)C(=O)O. The van der Waals surface area contributed by atoms with Crippen molar-refractivity contribution in [1.82, 2.24) is 30.0 Å². The number of nitrogens with zero attached hydrogens (tertiary/aromatic N) is 6. The summed E-state index contributed by atoms with van der Waals surface area (Å²) in [5, 5.41) is 24.6. The molecule has 2 unspecified atom stereocenters. The van der Waals surface area contributed by atoms with Crippen molar-refractivity contribution in [2.75, 3.05) is 0 Å². The van der Waals surface area contributed by atoms with E-state index in [1.54, 1.807) is 22.5 Å². The molecule has 19 heavy (non-hydrogen) atoms. The van der Waals surface area contributed by atoms with Crippen LogP contribution in [-0.4, -0.2) is 41.1 Å². The normalized spacial score (nSPS) is 14.2. The molecular formula is C11H16N6O2. The fourth-order valence-corrected chi connectivity index (χ4v) is 1.74. The summed E-state index contributed by atoms with van der Waals surface area (Å²) in [4.78, 5) is 10.8. The molecule has 8 heteroatoms. The summed E-state index contributed by atoms with van der Waals surface area (Å²) in [6, 6.07) is 1.74. The molecule has 2 rings (SSSR count). The van der Waals surface area contributed by atoms with Crippen molar-refractivity contribution in [3.63, 3.8) is 0 Å². The summed E-state index contributed by atoms with van der Waals surface area (Å²) in [6.07, 6.45) is 4.01. The highest BCUT2D eigenvalue weighted by atomic mass is 16.4. The topological polar surface area (TPSA) is 98.7 Å². The lowest BCUT2D eigenvalue weighted by atomic mass is 10.1. The Morgan fingerprint density at radius 1 is 1.47 bits per heavy atom. The van der Waals surface area contributed by atoms with Gasteiger partial charge in [-0.2, -0.15) is 5.10 Å². The molecule has 0 saturated carbocycles. The third kappa shape index (κ3) is 2.95. The van der Waals surface area contributed by atoms with E-state index < -0.39 is 11.9 Å². The van der Waals surface area contributed by atoms with Gasteiger partial charge >= 0.3 is 5.97 Å². The molecule has 0 aliphatic heterocycles. The summed E-state index contributed by atoms with van der Waals surface area (Å²) in [5.74, 6) is -0.562. The monoisotopic (exact) mass is 264 g/mol. The van der Waals surface area contributed by atoms with Crippen molar-refractivity contribution < 1.29 is 9.90 Å². The zero-order valence-electron chi connectivity index (χ0n) is 10.8. The first-order valence-electron chi connectivity index (χ1n) is 6.07. The van der Waals surface area contributed by atoms with E-state index in [2.05, 4.69) is 20.6 Å². The van der Waals surface area contributed by atoms with E-state index in [1.807, 2.05) is 19.2 Å². The highest BCUT2D eigenvalue weighted by Gasteiger charge is 2.18. The smallest absolute Gasteiger partial charge is 0.306 e. The summed E-state index contributed by atoms with van der Waals surface area (Å²) < 4.78 is 3.38. The van der Waals surface area contributed by atoms with Gasteiger partial charge in [0.25, 0.3) is 0 Å². The summed E-state index contributed by atoms with van der Waals surface area (Å²) in [7, 11) is 0. The number of hydrogen-bond acceptors (Lipinski definition) is 5. The van der Waals surface area contributed by atoms with Crippen molar-refractivity contribution in [1.29, 1.82) is 0 Å². The van der Waals surface area contributed by atoms with Gasteiger partial charge in [-0.1, -0.05) is 6.92 Å². The van der Waals surface area contributed by atoms with Gasteiger partial charge in [-0.15, -0.1) is 5.10 Å². The van der Waals surface area contributed by atoms with Crippen molar-refractivity contribution in [2.45, 2.75) is 32.9 Å². The van der Waals surface area contributed by atoms with Gasteiger partial charge in [0.1, 0.15) is 6.04 Å². The van der Waals surface area contributed by atoms with Gasteiger partial charge in [0.15, 0.2) is 5.82 Å². The largest absolute Gasteiger partial charge is 0.481 e. The Labute approximate surface area is 110 Å². The number of rotatable bonds is 6. The third-order valence-electron chi connectivity index (χ3n) is 3.05. The number of aryl methyl sites for hydroxylation is 1. The number of aromatic nitrogens is 6. The van der Waals surface area contributed by atoms with Crippen molar-refractivity contribution >= 4 is 5.97 Å². The van der Waals surface area contributed by atoms with Crippen molar-refractivity contribution in [2.24, 2.45) is 5.92 Å². The Kier molecular flexibility index (Phi) is 3.88. The molecule has 8 nitrogen and oxygen atoms in total. The lowest BCUT2D eigenvalue weighted by Crippen LogP contribution is -2.18. The van der Waals surface area contributed by atoms with Crippen LogP contribution in [0.4, 0.5) is 0 Å². The number of carboxylic acid groups (broad SMARTS) is 1. The molecule has 102 valence electrons. The third-order valence-corrected chi connectivity index (χ3v) is 3.05. The fraction of sp³-hybridized carbons (Fsp3) is 0.545. The molecule has 1 N–H and O–H groups in total. The first kappa shape index (κ1) is 13.2. The molecule has 2 aromatic heterocycles. The average molecular weight is 264 g/mol. The molecular weight excluding hydrogens is 248 g/mol. The maximum absolute atomic E-state index is 10.8. The van der Waals surface area contributed by atoms with E-state index in [-0.39, 0.29) is 6.04 Å². The molecule has 0 fully saturated rings. The molecule has 0 spiro atoms. The Hall–Kier alpha value is -2.25. The second-order valence-corrected chi connectivity index (χ2v) is 4.45. The van der Waals surface area contributed by atoms with Crippen LogP contribution < -0.4 is 0 Å². The van der Waals surface area contributed by atoms with Gasteiger partial charge in [-0.25, -0.2) is 4.68 Å². The minimum atomic E-state index is -0.810. The Morgan fingerprint density at radius 3 is 2.89 bits per heavy atom. The van der Waals surface area contributed by atoms with Crippen LogP contribution >= 0.6 is 0 Å². The van der Waals surface area contributed by atoms with Gasteiger partial charge in [-0.05, 0) is 29.8 Å². The molecule has 0 bridgehead atoms. The van der Waals surface area contributed by atoms with Crippen molar-refractivity contribution in [3.8, 4) is 0 Å². The maximum Gasteiger partial charge on any atom is 0.306 e. The Bertz CT molecular complexity index is 535. The average Bonchev–Trinajstić information content (AvgIpc) is 3.05. The second-order valence-electron chi connectivity index (χ2n) is 4.45. The van der Waals surface area contributed by atoms with E-state index in [4.69, 9.17) is 5.11 Å². The Morgan fingerprint density at radius 2 is 2.26 bits per heavy atom. The highest BCUT2D eigenvalue weighted by Crippen LogP contribution is 2.14. The molecule has 2 aromatic rings. The molecule has 0 aliphatic carbocycles. The minimum Gasteiger partial charge on any atom is -0.481 e. The molecule has 0 radical (unpaired) electrons. The molecule has 0 aliphatic rings. The van der Waals surface area contributed by atoms with Gasteiger partial charge in [0.2, 0.25) is 0 Å². The van der Waals surface area contributed by atoms with E-state index in [1.165, 1.54) is 0 Å². The van der Waals surface area contributed by atoms with Crippen LogP contribution in [0, 0.1) is 5.92 Å². The lowest BCUT2D eigenvalue weighted by Gasteiger charge is -2.12. The lowest BCUT2D eigenvalue weighted by molar-refractivity contribution is -0.141. The van der Waals surface area contributed by atoms with Crippen LogP contribution in [0.2, 0.25) is 0 Å². The Balaban J connectivity index is 2.07. The maximum atomic E-state index is 10.8. The number of hydrogen-bond donors (Lipinski definition) is 1. The van der Waals surface area contributed by atoms with Gasteiger partial charge < -0.3 is 5.11 Å². The second kappa shape index (κ2) is 5.59. The van der Waals surface area contributed by atoms with Crippen LogP contribution in [0.25, 0.3) is 0 Å². The van der Waals surface area contributed by atoms with E-state index in [0.29, 0.717) is 18.8 Å². The fourth-order valence-electron chi connectivity index (χ4n) is 1.74. The van der Waals surface area contributed by atoms with Gasteiger partial charge in [0, 0.05) is 18.9 Å². The van der Waals surface area contributed by atoms with E-state index in [9.17, 15) is 4.79 Å². The zero-order chi connectivity index (χ0) is 13.8. The van der Waals surface area contributed by atoms with Crippen LogP contribution in [0.1, 0.15) is 32.1 Å². The molecule has 0 saturated heterocycles. The standard InChI is InChI=1S/C11H16N6O2/c1-8(11(18)19)4-7-17-10(13-14-15-17)9(2)16-6-3-5-12-16/h3,5-6,8-9H,4,7H2,1-2H3,(H,18,19). The summed E-state index contributed by atoms with van der Waals surface area (Å²) >= 11 is 0. The molecule has 2 atom stereocenters. The summed E-state index contributed by atoms with van der Waals surface area (Å²) in [6.45, 7) is 4.08. The summed E-state index contributed by atoms with van der Waals surface area (Å²) in [5.41, 5.74) is 0. The van der Waals surface area contributed by atoms with E-state index >= 15 is 0 Å². The molecule has 0 aromatic carbocycles. The molecule has 2 heterocycles. The van der Waals surface area contributed by atoms with Crippen LogP contribution in [-0.2, 0) is 11.3 Å². The number of tetrazole rings is 1. The number of carbonyl (C=O) groups is 1. The highest BCUT2D eigenvalue weighted by molar-refractivity contribution is 5.69. The zero-order valence-corrected chi connectivity index (χ0v) is 10.8. The predicted molar refractivity (Wildman–Crippen MR) is 65.3 cm³/mol. The molecule has 0 amide bonds. The van der Waals surface area contributed by atoms with Gasteiger partial charge in [-0.3, -0.25) is 9.48 Å². The van der Waals surface area contributed by atoms with Crippen LogP contribution in [0.5, 0.6) is 0 Å². The first-order chi connectivity index (χ1) is 9.09. The minimum absolute atomic E-state index is 0.0925. The van der Waals surface area contributed by atoms with Crippen LogP contribution in [0.3, 0.4) is 0 Å². The quantitative estimate of drug-likeness (QED) is 0.819. The number of carboxylic acids is 1. The van der Waals surface area contributed by atoms with Crippen molar-refractivity contribution in [3.05, 3.63) is 24.3 Å². The van der Waals surface area contributed by atoms with E-state index in [0.717, 1.165) is 0 Å². The first-order valence-corrected chi connectivity index (χ1v) is 6.07. The van der Waals surface area contributed by atoms with Crippen LogP contribution in [0.15, 0.2) is 18.5 Å². The predicted octanol–water partition coefficient (Wildman–Crippen LogP) is 0.590. The van der Waals surface area contributed by atoms with Gasteiger partial charge in [0.05, 0.1) is 5.92 Å².